The van der Waals surface area contributed by atoms with Crippen LogP contribution in [0.3, 0.4) is 0 Å². The minimum absolute atomic E-state index is 0.153. The second-order valence-corrected chi connectivity index (χ2v) is 9.61. The molecule has 5 rings (SSSR count). The fraction of sp³-hybridized carbons (Fsp3) is 0.333. The highest BCUT2D eigenvalue weighted by atomic mass is 19.3. The van der Waals surface area contributed by atoms with Crippen molar-refractivity contribution in [3.05, 3.63) is 88.2 Å². The minimum Gasteiger partial charge on any atom is -0.429 e. The summed E-state index contributed by atoms with van der Waals surface area (Å²) in [6, 6.07) is 2.82. The fourth-order valence-corrected chi connectivity index (χ4v) is 5.72. The summed E-state index contributed by atoms with van der Waals surface area (Å²) in [5.74, 6) is -12.0. The van der Waals surface area contributed by atoms with E-state index in [4.69, 9.17) is 0 Å². The van der Waals surface area contributed by atoms with Crippen LogP contribution in [-0.2, 0) is 6.11 Å². The van der Waals surface area contributed by atoms with E-state index < -0.39 is 69.3 Å². The summed E-state index contributed by atoms with van der Waals surface area (Å²) in [5, 5.41) is 0. The molecule has 0 aliphatic heterocycles. The number of alkyl halides is 2. The van der Waals surface area contributed by atoms with Crippen LogP contribution in [0.5, 0.6) is 5.75 Å². The summed E-state index contributed by atoms with van der Waals surface area (Å²) in [4.78, 5) is 0. The molecule has 0 amide bonds. The number of ether oxygens (including phenoxy) is 1. The average Bonchev–Trinajstić information content (AvgIpc) is 3.38. The van der Waals surface area contributed by atoms with Gasteiger partial charge in [-0.25, -0.2) is 30.7 Å². The summed E-state index contributed by atoms with van der Waals surface area (Å²) in [7, 11) is 0. The van der Waals surface area contributed by atoms with Crippen molar-refractivity contribution < 1.29 is 44.3 Å². The van der Waals surface area contributed by atoms with Gasteiger partial charge in [-0.05, 0) is 66.0 Å². The number of hydrogen-bond acceptors (Lipinski definition) is 1. The summed E-state index contributed by atoms with van der Waals surface area (Å²) >= 11 is 0. The molecule has 0 N–H and O–H groups in total. The van der Waals surface area contributed by atoms with Gasteiger partial charge in [0, 0.05) is 12.1 Å². The molecule has 2 fully saturated rings. The van der Waals surface area contributed by atoms with Gasteiger partial charge in [-0.2, -0.15) is 8.78 Å². The second kappa shape index (κ2) is 9.29. The fourth-order valence-electron chi connectivity index (χ4n) is 5.72. The average molecular weight is 530 g/mol. The minimum atomic E-state index is -4.66. The van der Waals surface area contributed by atoms with Crippen LogP contribution < -0.4 is 4.74 Å². The molecule has 2 aliphatic rings. The van der Waals surface area contributed by atoms with E-state index in [0.717, 1.165) is 44.2 Å². The standard InChI is InChI=1S/C27H19F9O/c28-18-10-17(11-19(29)24(18)16-8-22(32)26(34)23(33)9-16)37-27(35,36)25-20(30)6-15(7-21(25)31)14-4-12-2-1-3-13(12)5-14/h6-14H,1-5H2. The molecule has 0 bridgehead atoms. The molecule has 2 atom stereocenters. The maximum atomic E-state index is 14.8. The zero-order chi connectivity index (χ0) is 26.6. The summed E-state index contributed by atoms with van der Waals surface area (Å²) in [5.41, 5.74) is -3.24. The normalized spacial score (nSPS) is 21.4. The van der Waals surface area contributed by atoms with Gasteiger partial charge in [0.2, 0.25) is 0 Å². The number of benzene rings is 3. The lowest BCUT2D eigenvalue weighted by Gasteiger charge is -2.21. The quantitative estimate of drug-likeness (QED) is 0.237. The molecule has 37 heavy (non-hydrogen) atoms. The summed E-state index contributed by atoms with van der Waals surface area (Å²) in [6.45, 7) is 0. The summed E-state index contributed by atoms with van der Waals surface area (Å²) in [6.07, 6.45) is -0.0360. The van der Waals surface area contributed by atoms with E-state index in [2.05, 4.69) is 4.74 Å². The first kappa shape index (κ1) is 25.5. The molecule has 1 nitrogen and oxygen atoms in total. The molecule has 3 aromatic carbocycles. The molecular formula is C27H19F9O. The first-order valence-electron chi connectivity index (χ1n) is 11.6. The predicted molar refractivity (Wildman–Crippen MR) is 115 cm³/mol. The number of halogens is 9. The predicted octanol–water partition coefficient (Wildman–Crippen LogP) is 8.75. The second-order valence-electron chi connectivity index (χ2n) is 9.61. The Morgan fingerprint density at radius 3 is 1.68 bits per heavy atom. The molecule has 0 aromatic heterocycles. The molecular weight excluding hydrogens is 511 g/mol. The van der Waals surface area contributed by atoms with E-state index in [1.54, 1.807) is 0 Å². The van der Waals surface area contributed by atoms with Crippen molar-refractivity contribution in [3.8, 4) is 16.9 Å². The van der Waals surface area contributed by atoms with Crippen molar-refractivity contribution in [2.75, 3.05) is 0 Å². The molecule has 0 radical (unpaired) electrons. The van der Waals surface area contributed by atoms with Crippen LogP contribution in [0.2, 0.25) is 0 Å². The molecule has 2 unspecified atom stereocenters. The summed E-state index contributed by atoms with van der Waals surface area (Å²) < 4.78 is 133. The number of fused-ring (bicyclic) bond motifs is 1. The van der Waals surface area contributed by atoms with Crippen LogP contribution in [-0.4, -0.2) is 0 Å². The Morgan fingerprint density at radius 2 is 1.16 bits per heavy atom. The van der Waals surface area contributed by atoms with Crippen LogP contribution in [0, 0.1) is 52.6 Å². The molecule has 3 aromatic rings. The monoisotopic (exact) mass is 530 g/mol. The molecule has 2 saturated carbocycles. The van der Waals surface area contributed by atoms with Gasteiger partial charge < -0.3 is 4.74 Å². The van der Waals surface area contributed by atoms with E-state index in [1.165, 1.54) is 0 Å². The lowest BCUT2D eigenvalue weighted by atomic mass is 9.93. The highest BCUT2D eigenvalue weighted by Crippen LogP contribution is 2.51. The van der Waals surface area contributed by atoms with Gasteiger partial charge in [-0.1, -0.05) is 19.3 Å². The van der Waals surface area contributed by atoms with Gasteiger partial charge in [-0.15, -0.1) is 0 Å². The van der Waals surface area contributed by atoms with Crippen LogP contribution in [0.25, 0.3) is 11.1 Å². The molecule has 2 aliphatic carbocycles. The van der Waals surface area contributed by atoms with Gasteiger partial charge in [-0.3, -0.25) is 0 Å². The SMILES string of the molecule is Fc1cc(-c2c(F)cc(OC(F)(F)c3c(F)cc(C4CC5CCCC5C4)cc3F)cc2F)cc(F)c1F. The zero-order valence-electron chi connectivity index (χ0n) is 19.0. The van der Waals surface area contributed by atoms with Crippen molar-refractivity contribution >= 4 is 0 Å². The van der Waals surface area contributed by atoms with Crippen LogP contribution in [0.15, 0.2) is 36.4 Å². The number of rotatable bonds is 5. The molecule has 196 valence electrons. The van der Waals surface area contributed by atoms with Crippen molar-refractivity contribution in [2.45, 2.75) is 44.1 Å². The smallest absolute Gasteiger partial charge is 0.429 e. The highest BCUT2D eigenvalue weighted by molar-refractivity contribution is 5.66. The van der Waals surface area contributed by atoms with Crippen molar-refractivity contribution in [1.82, 2.24) is 0 Å². The lowest BCUT2D eigenvalue weighted by molar-refractivity contribution is -0.189. The first-order chi connectivity index (χ1) is 17.4. The van der Waals surface area contributed by atoms with E-state index in [9.17, 15) is 39.5 Å². The third-order valence-corrected chi connectivity index (χ3v) is 7.35. The molecule has 0 saturated heterocycles. The third-order valence-electron chi connectivity index (χ3n) is 7.35. The van der Waals surface area contributed by atoms with Crippen molar-refractivity contribution in [1.29, 1.82) is 0 Å². The molecule has 10 heteroatoms. The van der Waals surface area contributed by atoms with Gasteiger partial charge in [0.15, 0.2) is 17.5 Å². The molecule has 0 spiro atoms. The van der Waals surface area contributed by atoms with Crippen molar-refractivity contribution in [3.63, 3.8) is 0 Å². The van der Waals surface area contributed by atoms with E-state index in [0.29, 0.717) is 24.0 Å². The maximum absolute atomic E-state index is 14.8. The Labute approximate surface area is 205 Å². The van der Waals surface area contributed by atoms with Gasteiger partial charge >= 0.3 is 6.11 Å². The van der Waals surface area contributed by atoms with Crippen LogP contribution in [0.1, 0.15) is 49.1 Å². The largest absolute Gasteiger partial charge is 0.432 e. The zero-order valence-corrected chi connectivity index (χ0v) is 19.0. The van der Waals surface area contributed by atoms with Gasteiger partial charge in [0.25, 0.3) is 0 Å². The van der Waals surface area contributed by atoms with E-state index >= 15 is 0 Å². The molecule has 0 heterocycles. The van der Waals surface area contributed by atoms with E-state index in [1.807, 2.05) is 0 Å². The Hall–Kier alpha value is -3.17. The Kier molecular flexibility index (Phi) is 6.40. The van der Waals surface area contributed by atoms with Gasteiger partial charge in [0.1, 0.15) is 34.6 Å². The third kappa shape index (κ3) is 4.66. The number of hydrogen-bond donors (Lipinski definition) is 0. The topological polar surface area (TPSA) is 9.23 Å². The van der Waals surface area contributed by atoms with Crippen molar-refractivity contribution in [2.24, 2.45) is 11.8 Å². The highest BCUT2D eigenvalue weighted by Gasteiger charge is 2.43. The Morgan fingerprint density at radius 1 is 0.649 bits per heavy atom. The Balaban J connectivity index is 1.42. The lowest BCUT2D eigenvalue weighted by Crippen LogP contribution is -2.25. The van der Waals surface area contributed by atoms with Gasteiger partial charge in [0.05, 0.1) is 5.56 Å². The van der Waals surface area contributed by atoms with Crippen LogP contribution >= 0.6 is 0 Å². The maximum Gasteiger partial charge on any atom is 0.432 e. The van der Waals surface area contributed by atoms with Crippen LogP contribution in [0.4, 0.5) is 39.5 Å². The Bertz CT molecular complexity index is 1290. The first-order valence-corrected chi connectivity index (χ1v) is 11.6. The van der Waals surface area contributed by atoms with E-state index in [-0.39, 0.29) is 23.6 Å².